The molecule has 0 heterocycles. The van der Waals surface area contributed by atoms with E-state index < -0.39 is 24.0 Å². The molecule has 21 heavy (non-hydrogen) atoms. The van der Waals surface area contributed by atoms with Gasteiger partial charge in [-0.3, -0.25) is 4.79 Å². The summed E-state index contributed by atoms with van der Waals surface area (Å²) in [6.07, 6.45) is 0. The van der Waals surface area contributed by atoms with Gasteiger partial charge < -0.3 is 10.1 Å². The Hall–Kier alpha value is -2.35. The van der Waals surface area contributed by atoms with Crippen LogP contribution in [0.4, 0.5) is 0 Å². The topological polar surface area (TPSA) is 79.2 Å². The van der Waals surface area contributed by atoms with Gasteiger partial charge in [0.2, 0.25) is 0 Å². The molecule has 0 radical (unpaired) electrons. The van der Waals surface area contributed by atoms with Crippen LogP contribution in [0.25, 0.3) is 0 Å². The monoisotopic (exact) mass is 288 g/mol. The number of benzene rings is 1. The van der Waals surface area contributed by atoms with E-state index in [1.807, 2.05) is 20.8 Å². The van der Waals surface area contributed by atoms with Crippen molar-refractivity contribution < 1.29 is 14.3 Å². The summed E-state index contributed by atoms with van der Waals surface area (Å²) in [5.41, 5.74) is 0.444. The molecule has 0 aliphatic rings. The van der Waals surface area contributed by atoms with Crippen molar-refractivity contribution in [3.05, 3.63) is 35.4 Å². The highest BCUT2D eigenvalue weighted by atomic mass is 16.5. The Labute approximate surface area is 124 Å². The van der Waals surface area contributed by atoms with E-state index in [1.54, 1.807) is 31.2 Å². The maximum absolute atomic E-state index is 11.8. The maximum Gasteiger partial charge on any atom is 0.338 e. The fraction of sp³-hybridized carbons (Fsp3) is 0.438. The summed E-state index contributed by atoms with van der Waals surface area (Å²) in [4.78, 5) is 23.5. The summed E-state index contributed by atoms with van der Waals surface area (Å²) in [6.45, 7) is 6.81. The fourth-order valence-electron chi connectivity index (χ4n) is 1.53. The molecule has 0 unspecified atom stereocenters. The van der Waals surface area contributed by atoms with Crippen LogP contribution in [0, 0.1) is 24.2 Å². The second-order valence-electron chi connectivity index (χ2n) is 5.46. The number of rotatable bonds is 5. The molecule has 5 nitrogen and oxygen atoms in total. The first-order chi connectivity index (χ1) is 9.78. The van der Waals surface area contributed by atoms with Crippen molar-refractivity contribution in [3.8, 4) is 6.07 Å². The molecule has 1 aromatic rings. The third kappa shape index (κ3) is 4.60. The van der Waals surface area contributed by atoms with Gasteiger partial charge in [0.15, 0.2) is 6.61 Å². The summed E-state index contributed by atoms with van der Waals surface area (Å²) in [7, 11) is 0. The van der Waals surface area contributed by atoms with Gasteiger partial charge in [-0.1, -0.05) is 31.5 Å². The Morgan fingerprint density at radius 3 is 2.38 bits per heavy atom. The van der Waals surface area contributed by atoms with E-state index in [0.29, 0.717) is 5.56 Å². The molecule has 1 rings (SSSR count). The van der Waals surface area contributed by atoms with Gasteiger partial charge in [-0.2, -0.15) is 5.26 Å². The van der Waals surface area contributed by atoms with Gasteiger partial charge in [-0.15, -0.1) is 0 Å². The molecule has 0 spiro atoms. The highest BCUT2D eigenvalue weighted by Crippen LogP contribution is 2.14. The van der Waals surface area contributed by atoms with Crippen LogP contribution in [-0.2, 0) is 9.53 Å². The molecule has 0 saturated carbocycles. The molecule has 1 aromatic carbocycles. The summed E-state index contributed by atoms with van der Waals surface area (Å²) in [5, 5.41) is 11.7. The number of carbonyl (C=O) groups excluding carboxylic acids is 2. The van der Waals surface area contributed by atoms with Crippen molar-refractivity contribution in [1.82, 2.24) is 5.32 Å². The van der Waals surface area contributed by atoms with Crippen molar-refractivity contribution >= 4 is 11.9 Å². The summed E-state index contributed by atoms with van der Waals surface area (Å²) < 4.78 is 4.94. The lowest BCUT2D eigenvalue weighted by Crippen LogP contribution is -2.50. The maximum atomic E-state index is 11.8. The Morgan fingerprint density at radius 1 is 1.33 bits per heavy atom. The first-order valence-corrected chi connectivity index (χ1v) is 6.74. The molecule has 1 atom stereocenters. The number of hydrogen-bond acceptors (Lipinski definition) is 4. The van der Waals surface area contributed by atoms with Crippen LogP contribution in [0.3, 0.4) is 0 Å². The lowest BCUT2D eigenvalue weighted by atomic mass is 9.90. The lowest BCUT2D eigenvalue weighted by molar-refractivity contribution is -0.125. The molecule has 0 fully saturated rings. The number of hydrogen-bond donors (Lipinski definition) is 1. The molecule has 0 saturated heterocycles. The number of nitrogens with zero attached hydrogens (tertiary/aromatic N) is 1. The molecule has 1 N–H and O–H groups in total. The zero-order valence-corrected chi connectivity index (χ0v) is 12.8. The van der Waals surface area contributed by atoms with Crippen molar-refractivity contribution in [3.63, 3.8) is 0 Å². The first kappa shape index (κ1) is 16.7. The average Bonchev–Trinajstić information content (AvgIpc) is 2.45. The predicted octanol–water partition coefficient (Wildman–Crippen LogP) is 2.21. The summed E-state index contributed by atoms with van der Waals surface area (Å²) in [5.74, 6) is -1.11. The minimum Gasteiger partial charge on any atom is -0.452 e. The first-order valence-electron chi connectivity index (χ1n) is 6.74. The second kappa shape index (κ2) is 6.89. The predicted molar refractivity (Wildman–Crippen MR) is 78.5 cm³/mol. The number of ether oxygens (including phenoxy) is 1. The van der Waals surface area contributed by atoms with E-state index >= 15 is 0 Å². The quantitative estimate of drug-likeness (QED) is 0.842. The van der Waals surface area contributed by atoms with Crippen LogP contribution >= 0.6 is 0 Å². The Morgan fingerprint density at radius 2 is 1.90 bits per heavy atom. The number of esters is 1. The van der Waals surface area contributed by atoms with Crippen LogP contribution in [0.1, 0.15) is 36.7 Å². The molecular weight excluding hydrogens is 268 g/mol. The Balaban J connectivity index is 2.55. The molecular formula is C16H20N2O3. The molecule has 0 aromatic heterocycles. The number of nitriles is 1. The second-order valence-corrected chi connectivity index (χ2v) is 5.46. The van der Waals surface area contributed by atoms with Gasteiger partial charge >= 0.3 is 5.97 Å². The number of aryl methyl sites for hydroxylation is 1. The highest BCUT2D eigenvalue weighted by Gasteiger charge is 2.30. The molecule has 112 valence electrons. The largest absolute Gasteiger partial charge is 0.452 e. The SMILES string of the molecule is Cc1ccc(C(=O)OCC(=O)N[C@](C)(C#N)C(C)C)cc1. The number of amides is 1. The van der Waals surface area contributed by atoms with Gasteiger partial charge in [-0.05, 0) is 31.9 Å². The van der Waals surface area contributed by atoms with Crippen LogP contribution in [0.2, 0.25) is 0 Å². The number of nitrogens with one attached hydrogen (secondary N) is 1. The normalized spacial score (nSPS) is 13.1. The smallest absolute Gasteiger partial charge is 0.338 e. The Bertz CT molecular complexity index is 558. The third-order valence-corrected chi connectivity index (χ3v) is 3.41. The van der Waals surface area contributed by atoms with Gasteiger partial charge in [0.25, 0.3) is 5.91 Å². The average molecular weight is 288 g/mol. The van der Waals surface area contributed by atoms with E-state index in [1.165, 1.54) is 0 Å². The van der Waals surface area contributed by atoms with Gasteiger partial charge in [0, 0.05) is 0 Å². The van der Waals surface area contributed by atoms with Gasteiger partial charge in [-0.25, -0.2) is 4.79 Å². The minimum absolute atomic E-state index is 0.0562. The third-order valence-electron chi connectivity index (χ3n) is 3.41. The Kier molecular flexibility index (Phi) is 5.48. The fourth-order valence-corrected chi connectivity index (χ4v) is 1.53. The van der Waals surface area contributed by atoms with Crippen molar-refractivity contribution in [2.45, 2.75) is 33.2 Å². The van der Waals surface area contributed by atoms with E-state index in [-0.39, 0.29) is 5.92 Å². The van der Waals surface area contributed by atoms with Crippen LogP contribution in [-0.4, -0.2) is 24.0 Å². The van der Waals surface area contributed by atoms with E-state index in [4.69, 9.17) is 10.00 Å². The van der Waals surface area contributed by atoms with Crippen molar-refractivity contribution in [2.24, 2.45) is 5.92 Å². The molecule has 0 bridgehead atoms. The zero-order valence-electron chi connectivity index (χ0n) is 12.8. The van der Waals surface area contributed by atoms with Crippen molar-refractivity contribution in [2.75, 3.05) is 6.61 Å². The summed E-state index contributed by atoms with van der Waals surface area (Å²) >= 11 is 0. The molecule has 1 amide bonds. The van der Waals surface area contributed by atoms with Crippen molar-refractivity contribution in [1.29, 1.82) is 5.26 Å². The highest BCUT2D eigenvalue weighted by molar-refractivity contribution is 5.91. The van der Waals surface area contributed by atoms with Crippen LogP contribution in [0.15, 0.2) is 24.3 Å². The van der Waals surface area contributed by atoms with Gasteiger partial charge in [0.05, 0.1) is 11.6 Å². The van der Waals surface area contributed by atoms with E-state index in [9.17, 15) is 9.59 Å². The molecule has 0 aliphatic heterocycles. The standard InChI is InChI=1S/C16H20N2O3/c1-11(2)16(4,10-17)18-14(19)9-21-15(20)13-7-5-12(3)6-8-13/h5-8,11H,9H2,1-4H3,(H,18,19)/t16-/m1/s1. The van der Waals surface area contributed by atoms with Crippen LogP contribution < -0.4 is 5.32 Å². The van der Waals surface area contributed by atoms with Crippen LogP contribution in [0.5, 0.6) is 0 Å². The zero-order chi connectivity index (χ0) is 16.0. The van der Waals surface area contributed by atoms with E-state index in [0.717, 1.165) is 5.56 Å². The van der Waals surface area contributed by atoms with Gasteiger partial charge in [0.1, 0.15) is 5.54 Å². The minimum atomic E-state index is -0.979. The number of carbonyl (C=O) groups is 2. The van der Waals surface area contributed by atoms with E-state index in [2.05, 4.69) is 11.4 Å². The lowest BCUT2D eigenvalue weighted by Gasteiger charge is -2.27. The summed E-state index contributed by atoms with van der Waals surface area (Å²) in [6, 6.07) is 8.93. The molecule has 5 heteroatoms. The molecule has 0 aliphatic carbocycles.